The molecule has 0 saturated carbocycles. The highest BCUT2D eigenvalue weighted by Crippen LogP contribution is 2.33. The van der Waals surface area contributed by atoms with E-state index in [9.17, 15) is 18.5 Å². The van der Waals surface area contributed by atoms with Crippen molar-refractivity contribution < 1.29 is 13.3 Å². The van der Waals surface area contributed by atoms with E-state index in [4.69, 9.17) is 11.6 Å². The lowest BCUT2D eigenvalue weighted by Gasteiger charge is -2.36. The summed E-state index contributed by atoms with van der Waals surface area (Å²) in [6.07, 6.45) is 2.09. The van der Waals surface area contributed by atoms with Crippen LogP contribution >= 0.6 is 23.4 Å². The summed E-state index contributed by atoms with van der Waals surface area (Å²) in [4.78, 5) is 31.0. The van der Waals surface area contributed by atoms with Gasteiger partial charge in [0.2, 0.25) is 0 Å². The van der Waals surface area contributed by atoms with Crippen LogP contribution in [0.5, 0.6) is 0 Å². The third kappa shape index (κ3) is 10.8. The van der Waals surface area contributed by atoms with Crippen LogP contribution in [0.15, 0.2) is 131 Å². The number of hydrogen-bond acceptors (Lipinski definition) is 12. The number of likely N-dealkylation sites (N-methyl/N-ethyl adjacent to an activating group) is 1. The number of aromatic nitrogens is 2. The molecule has 0 amide bonds. The highest BCUT2D eigenvalue weighted by Gasteiger charge is 2.26. The Kier molecular flexibility index (Phi) is 13.9. The Bertz CT molecular complexity index is 2590. The third-order valence-corrected chi connectivity index (χ3v) is 14.3. The lowest BCUT2D eigenvalue weighted by molar-refractivity contribution is -0.384. The highest BCUT2D eigenvalue weighted by atomic mass is 35.5. The van der Waals surface area contributed by atoms with Gasteiger partial charge in [0.05, 0.1) is 15.3 Å². The van der Waals surface area contributed by atoms with Crippen LogP contribution in [0, 0.1) is 10.1 Å². The Morgan fingerprint density at radius 2 is 1.55 bits per heavy atom. The summed E-state index contributed by atoms with van der Waals surface area (Å²) >= 11 is 8.12. The first kappa shape index (κ1) is 43.4. The fourth-order valence-electron chi connectivity index (χ4n) is 8.00. The molecule has 6 aromatic rings. The Morgan fingerprint density at radius 3 is 2.29 bits per heavy atom. The molecule has 5 aromatic carbocycles. The average molecular weight is 893 g/mol. The van der Waals surface area contributed by atoms with Crippen molar-refractivity contribution >= 4 is 67.2 Å². The number of nitro benzene ring substituents is 1. The van der Waals surface area contributed by atoms with E-state index in [-0.39, 0.29) is 28.1 Å². The summed E-state index contributed by atoms with van der Waals surface area (Å²) in [6, 6.07) is 36.1. The highest BCUT2D eigenvalue weighted by molar-refractivity contribution is 7.99. The normalized spacial score (nSPS) is 16.0. The van der Waals surface area contributed by atoms with Gasteiger partial charge in [0, 0.05) is 104 Å². The fourth-order valence-corrected chi connectivity index (χ4v) is 10.2. The number of thioether (sulfide) groups is 1. The van der Waals surface area contributed by atoms with Gasteiger partial charge in [0.1, 0.15) is 12.0 Å². The first-order valence-electron chi connectivity index (χ1n) is 20.8. The first-order chi connectivity index (χ1) is 30.1. The van der Waals surface area contributed by atoms with Crippen LogP contribution in [-0.4, -0.2) is 116 Å². The zero-order valence-electron chi connectivity index (χ0n) is 34.6. The molecule has 1 atom stereocenters. The first-order valence-corrected chi connectivity index (χ1v) is 23.6. The summed E-state index contributed by atoms with van der Waals surface area (Å²) in [6.45, 7) is 8.84. The lowest BCUT2D eigenvalue weighted by atomic mass is 9.99. The Hall–Kier alpha value is -5.29. The molecule has 0 radical (unpaired) electrons. The second-order valence-electron chi connectivity index (χ2n) is 15.8. The number of nitro groups is 1. The second-order valence-corrected chi connectivity index (χ2v) is 19.0. The van der Waals surface area contributed by atoms with Gasteiger partial charge < -0.3 is 20.0 Å². The molecular weight excluding hydrogens is 842 g/mol. The number of fused-ring (bicyclic) bond motifs is 1. The van der Waals surface area contributed by atoms with Gasteiger partial charge >= 0.3 is 0 Å². The van der Waals surface area contributed by atoms with Gasteiger partial charge in [-0.1, -0.05) is 66.2 Å². The van der Waals surface area contributed by atoms with Gasteiger partial charge in [-0.05, 0) is 84.8 Å². The predicted molar refractivity (Wildman–Crippen MR) is 251 cm³/mol. The smallest absolute Gasteiger partial charge is 0.293 e. The van der Waals surface area contributed by atoms with Crippen LogP contribution in [0.25, 0.3) is 22.0 Å². The minimum Gasteiger partial charge on any atom is -0.376 e. The van der Waals surface area contributed by atoms with Crippen molar-refractivity contribution in [2.24, 2.45) is 0 Å². The van der Waals surface area contributed by atoms with Gasteiger partial charge in [-0.2, -0.15) is 0 Å². The molecule has 16 heteroatoms. The molecule has 2 aliphatic rings. The standard InChI is InChI=1S/C46H50ClN9O4S2/c1-52-20-22-53(23-21-52)19-18-37(32-61-39-10-6-3-7-11-39)50-43-17-14-40(30-45(43)56(57)58)62(59,60)51-46-42-16-13-38(29-44(42)48-33-49-46)55-26-24-54(25-27-55)31-35-28-36(47)12-15-41(35)34-8-4-2-5-9-34/h2-17,28-30,33,37,50H,18-27,31-32H2,1H3,(H,48,49,51)/t37-/m1/s1. The number of nitrogens with zero attached hydrogens (tertiary/aromatic N) is 7. The van der Waals surface area contributed by atoms with E-state index in [1.165, 1.54) is 29.6 Å². The average Bonchev–Trinajstić information content (AvgIpc) is 3.28. The molecular formula is C46H50ClN9O4S2. The zero-order valence-corrected chi connectivity index (χ0v) is 37.0. The van der Waals surface area contributed by atoms with E-state index in [2.05, 4.69) is 70.9 Å². The minimum atomic E-state index is -4.28. The van der Waals surface area contributed by atoms with Gasteiger partial charge in [-0.25, -0.2) is 18.4 Å². The van der Waals surface area contributed by atoms with Crippen molar-refractivity contribution in [2.75, 3.05) is 86.6 Å². The number of piperazine rings is 2. The summed E-state index contributed by atoms with van der Waals surface area (Å²) in [7, 11) is -2.16. The van der Waals surface area contributed by atoms with Crippen LogP contribution in [0.3, 0.4) is 0 Å². The molecule has 8 rings (SSSR count). The van der Waals surface area contributed by atoms with E-state index in [1.807, 2.05) is 72.8 Å². The third-order valence-electron chi connectivity index (χ3n) is 11.6. The quantitative estimate of drug-likeness (QED) is 0.0550. The molecule has 0 unspecified atom stereocenters. The molecule has 1 aromatic heterocycles. The van der Waals surface area contributed by atoms with E-state index in [1.54, 1.807) is 11.8 Å². The lowest BCUT2D eigenvalue weighted by Crippen LogP contribution is -2.46. The molecule has 2 fully saturated rings. The van der Waals surface area contributed by atoms with E-state index >= 15 is 0 Å². The van der Waals surface area contributed by atoms with Gasteiger partial charge in [-0.15, -0.1) is 11.8 Å². The molecule has 322 valence electrons. The van der Waals surface area contributed by atoms with Crippen LogP contribution < -0.4 is 14.9 Å². The molecule has 3 heterocycles. The van der Waals surface area contributed by atoms with Gasteiger partial charge in [0.25, 0.3) is 15.7 Å². The molecule has 0 bridgehead atoms. The number of halogens is 1. The largest absolute Gasteiger partial charge is 0.376 e. The Morgan fingerprint density at radius 1 is 0.823 bits per heavy atom. The van der Waals surface area contributed by atoms with E-state index in [0.29, 0.717) is 16.7 Å². The Balaban J connectivity index is 0.937. The maximum atomic E-state index is 13.9. The maximum absolute atomic E-state index is 13.9. The molecule has 62 heavy (non-hydrogen) atoms. The number of rotatable bonds is 16. The summed E-state index contributed by atoms with van der Waals surface area (Å²) < 4.78 is 30.3. The summed E-state index contributed by atoms with van der Waals surface area (Å²) in [5.74, 6) is 0.767. The second kappa shape index (κ2) is 19.8. The number of anilines is 3. The zero-order chi connectivity index (χ0) is 43.1. The van der Waals surface area contributed by atoms with Gasteiger partial charge in [0.15, 0.2) is 5.82 Å². The molecule has 13 nitrogen and oxygen atoms in total. The molecule has 2 N–H and O–H groups in total. The van der Waals surface area contributed by atoms with Crippen molar-refractivity contribution in [1.29, 1.82) is 0 Å². The summed E-state index contributed by atoms with van der Waals surface area (Å²) in [5, 5.41) is 17.1. The van der Waals surface area contributed by atoms with Crippen LogP contribution in [0.2, 0.25) is 5.02 Å². The molecule has 2 aliphatic heterocycles. The summed E-state index contributed by atoms with van der Waals surface area (Å²) in [5.41, 5.74) is 5.03. The number of benzene rings is 5. The van der Waals surface area contributed by atoms with Crippen molar-refractivity contribution in [3.8, 4) is 11.1 Å². The van der Waals surface area contributed by atoms with Crippen molar-refractivity contribution in [3.05, 3.63) is 142 Å². The fraction of sp³-hybridized carbons (Fsp3) is 0.304. The maximum Gasteiger partial charge on any atom is 0.293 e. The number of sulfonamides is 1. The van der Waals surface area contributed by atoms with E-state index in [0.717, 1.165) is 99.1 Å². The Labute approximate surface area is 372 Å². The minimum absolute atomic E-state index is 0.0915. The SMILES string of the molecule is CN1CCN(CC[C@H](CSc2ccccc2)Nc2ccc(S(=O)(=O)Nc3ncnc4cc(N5CCN(Cc6cc(Cl)ccc6-c6ccccc6)CC5)ccc34)cc2[N+](=O)[O-])CC1. The van der Waals surface area contributed by atoms with Crippen LogP contribution in [-0.2, 0) is 16.6 Å². The molecule has 0 spiro atoms. The van der Waals surface area contributed by atoms with Gasteiger partial charge in [-0.3, -0.25) is 19.7 Å². The van der Waals surface area contributed by atoms with Crippen molar-refractivity contribution in [1.82, 2.24) is 24.7 Å². The number of nitrogens with one attached hydrogen (secondary N) is 2. The molecule has 0 aliphatic carbocycles. The number of hydrogen-bond donors (Lipinski definition) is 2. The molecule has 2 saturated heterocycles. The predicted octanol–water partition coefficient (Wildman–Crippen LogP) is 8.19. The van der Waals surface area contributed by atoms with Crippen molar-refractivity contribution in [3.63, 3.8) is 0 Å². The van der Waals surface area contributed by atoms with Crippen molar-refractivity contribution in [2.45, 2.75) is 28.8 Å². The van der Waals surface area contributed by atoms with E-state index < -0.39 is 14.9 Å². The van der Waals surface area contributed by atoms with Crippen LogP contribution in [0.1, 0.15) is 12.0 Å². The monoisotopic (exact) mass is 891 g/mol. The van der Waals surface area contributed by atoms with Crippen LogP contribution in [0.4, 0.5) is 22.9 Å². The topological polar surface area (TPSA) is 140 Å².